The molecule has 3 atom stereocenters. The van der Waals surface area contributed by atoms with Gasteiger partial charge in [-0.05, 0) is 30.2 Å². The second-order valence-corrected chi connectivity index (χ2v) is 8.38. The Morgan fingerprint density at radius 2 is 1.55 bits per heavy atom. The third-order valence-electron chi connectivity index (χ3n) is 4.82. The largest absolute Gasteiger partial charge is 0.480 e. The van der Waals surface area contributed by atoms with Crippen molar-refractivity contribution >= 4 is 23.7 Å². The second kappa shape index (κ2) is 12.7. The summed E-state index contributed by atoms with van der Waals surface area (Å²) in [6.45, 7) is 7.17. The summed E-state index contributed by atoms with van der Waals surface area (Å²) < 4.78 is 0. The minimum Gasteiger partial charge on any atom is -0.480 e. The summed E-state index contributed by atoms with van der Waals surface area (Å²) in [5.74, 6) is -4.07. The van der Waals surface area contributed by atoms with E-state index in [1.807, 2.05) is 44.2 Å². The number of carboxylic acids is 1. The van der Waals surface area contributed by atoms with Gasteiger partial charge in [-0.15, -0.1) is 0 Å². The lowest BCUT2D eigenvalue weighted by atomic mass is 9.93. The molecular weight excluding hydrogens is 402 g/mol. The van der Waals surface area contributed by atoms with Crippen molar-refractivity contribution in [3.05, 3.63) is 35.9 Å². The van der Waals surface area contributed by atoms with E-state index in [2.05, 4.69) is 10.6 Å². The Bertz CT molecular complexity index is 751. The quantitative estimate of drug-likeness (QED) is 0.248. The molecule has 0 unspecified atom stereocenters. The van der Waals surface area contributed by atoms with Gasteiger partial charge in [0.05, 0.1) is 5.92 Å². The van der Waals surface area contributed by atoms with Gasteiger partial charge in [-0.25, -0.2) is 10.3 Å². The summed E-state index contributed by atoms with van der Waals surface area (Å²) in [6.07, 6.45) is 0.222. The van der Waals surface area contributed by atoms with Gasteiger partial charge in [-0.1, -0.05) is 58.0 Å². The first-order valence-electron chi connectivity index (χ1n) is 10.4. The molecule has 0 saturated heterocycles. The van der Waals surface area contributed by atoms with Gasteiger partial charge < -0.3 is 15.7 Å². The highest BCUT2D eigenvalue weighted by Crippen LogP contribution is 2.15. The number of rotatable bonds is 12. The van der Waals surface area contributed by atoms with Crippen LogP contribution >= 0.6 is 0 Å². The third kappa shape index (κ3) is 9.17. The molecular formula is C22H33N3O6. The van der Waals surface area contributed by atoms with E-state index in [-0.39, 0.29) is 31.1 Å². The fourth-order valence-electron chi connectivity index (χ4n) is 3.19. The van der Waals surface area contributed by atoms with Crippen molar-refractivity contribution in [1.82, 2.24) is 16.1 Å². The molecule has 0 aliphatic rings. The van der Waals surface area contributed by atoms with Gasteiger partial charge in [-0.3, -0.25) is 19.6 Å². The highest BCUT2D eigenvalue weighted by atomic mass is 16.5. The zero-order valence-electron chi connectivity index (χ0n) is 18.4. The van der Waals surface area contributed by atoms with Gasteiger partial charge in [-0.2, -0.15) is 0 Å². The van der Waals surface area contributed by atoms with Crippen LogP contribution in [0.5, 0.6) is 0 Å². The first-order valence-corrected chi connectivity index (χ1v) is 10.4. The van der Waals surface area contributed by atoms with Crippen molar-refractivity contribution < 1.29 is 29.5 Å². The van der Waals surface area contributed by atoms with Gasteiger partial charge in [0, 0.05) is 6.42 Å². The molecule has 1 rings (SSSR count). The number of hydroxylamine groups is 1. The van der Waals surface area contributed by atoms with E-state index in [9.17, 15) is 24.3 Å². The van der Waals surface area contributed by atoms with Crippen LogP contribution in [0.15, 0.2) is 30.3 Å². The number of hydrogen-bond donors (Lipinski definition) is 5. The number of aliphatic carboxylic acids is 1. The Labute approximate surface area is 182 Å². The molecule has 172 valence electrons. The molecule has 0 aliphatic carbocycles. The van der Waals surface area contributed by atoms with E-state index < -0.39 is 41.7 Å². The van der Waals surface area contributed by atoms with Crippen LogP contribution in [0.2, 0.25) is 0 Å². The number of nitrogens with one attached hydrogen (secondary N) is 3. The molecule has 5 N–H and O–H groups in total. The fraction of sp³-hybridized carbons (Fsp3) is 0.545. The van der Waals surface area contributed by atoms with Gasteiger partial charge in [0.15, 0.2) is 0 Å². The summed E-state index contributed by atoms with van der Waals surface area (Å²) >= 11 is 0. The summed E-state index contributed by atoms with van der Waals surface area (Å²) in [5, 5.41) is 23.4. The molecule has 9 nitrogen and oxygen atoms in total. The van der Waals surface area contributed by atoms with Crippen molar-refractivity contribution in [2.45, 2.75) is 59.0 Å². The zero-order valence-corrected chi connectivity index (χ0v) is 18.4. The predicted octanol–water partition coefficient (Wildman–Crippen LogP) is 1.50. The standard InChI is InChI=1S/C22H33N3O6/c1-13(2)10-17(22(29)30)23-21(28)19(14(3)4)24-20(27)16(12-18(26)25-31)11-15-8-6-5-7-9-15/h5-9,13-14,16-17,19,31H,10-12H2,1-4H3,(H,23,28)(H,24,27)(H,25,26)(H,29,30)/t16-,17+,19+/m1/s1. The predicted molar refractivity (Wildman–Crippen MR) is 114 cm³/mol. The number of amides is 3. The van der Waals surface area contributed by atoms with Crippen LogP contribution in [0.1, 0.15) is 46.1 Å². The molecule has 0 fully saturated rings. The monoisotopic (exact) mass is 435 g/mol. The molecule has 0 spiro atoms. The van der Waals surface area contributed by atoms with E-state index in [4.69, 9.17) is 5.21 Å². The zero-order chi connectivity index (χ0) is 23.6. The van der Waals surface area contributed by atoms with Crippen LogP contribution in [-0.4, -0.2) is 46.1 Å². The molecule has 1 aromatic carbocycles. The van der Waals surface area contributed by atoms with Crippen molar-refractivity contribution in [1.29, 1.82) is 0 Å². The van der Waals surface area contributed by atoms with E-state index in [1.54, 1.807) is 13.8 Å². The fourth-order valence-corrected chi connectivity index (χ4v) is 3.19. The van der Waals surface area contributed by atoms with E-state index in [1.165, 1.54) is 5.48 Å². The molecule has 0 heterocycles. The maximum Gasteiger partial charge on any atom is 0.326 e. The number of hydrogen-bond acceptors (Lipinski definition) is 5. The highest BCUT2D eigenvalue weighted by molar-refractivity contribution is 5.92. The van der Waals surface area contributed by atoms with Gasteiger partial charge in [0.2, 0.25) is 17.7 Å². The van der Waals surface area contributed by atoms with E-state index in [0.717, 1.165) is 5.56 Å². The molecule has 0 aromatic heterocycles. The number of carbonyl (C=O) groups is 4. The van der Waals surface area contributed by atoms with E-state index in [0.29, 0.717) is 0 Å². The first-order chi connectivity index (χ1) is 14.5. The average molecular weight is 436 g/mol. The van der Waals surface area contributed by atoms with Crippen molar-refractivity contribution in [2.24, 2.45) is 17.8 Å². The smallest absolute Gasteiger partial charge is 0.326 e. The Morgan fingerprint density at radius 3 is 2.03 bits per heavy atom. The topological polar surface area (TPSA) is 145 Å². The number of benzene rings is 1. The van der Waals surface area contributed by atoms with Crippen LogP contribution in [-0.2, 0) is 25.6 Å². The number of carboxylic acid groups (broad SMARTS) is 1. The average Bonchev–Trinajstić information content (AvgIpc) is 2.70. The van der Waals surface area contributed by atoms with Crippen molar-refractivity contribution in [2.75, 3.05) is 0 Å². The lowest BCUT2D eigenvalue weighted by Crippen LogP contribution is -2.55. The van der Waals surface area contributed by atoms with Gasteiger partial charge in [0.25, 0.3) is 0 Å². The van der Waals surface area contributed by atoms with E-state index >= 15 is 0 Å². The molecule has 1 aromatic rings. The Hall–Kier alpha value is -2.94. The molecule has 31 heavy (non-hydrogen) atoms. The van der Waals surface area contributed by atoms with Crippen LogP contribution in [0.4, 0.5) is 0 Å². The minimum atomic E-state index is -1.14. The normalized spacial score (nSPS) is 13.9. The van der Waals surface area contributed by atoms with Gasteiger partial charge in [0.1, 0.15) is 12.1 Å². The lowest BCUT2D eigenvalue weighted by molar-refractivity contribution is -0.143. The maximum atomic E-state index is 12.9. The van der Waals surface area contributed by atoms with Crippen LogP contribution < -0.4 is 16.1 Å². The van der Waals surface area contributed by atoms with Gasteiger partial charge >= 0.3 is 5.97 Å². The third-order valence-corrected chi connectivity index (χ3v) is 4.82. The Balaban J connectivity index is 2.97. The lowest BCUT2D eigenvalue weighted by Gasteiger charge is -2.26. The van der Waals surface area contributed by atoms with Crippen molar-refractivity contribution in [3.63, 3.8) is 0 Å². The minimum absolute atomic E-state index is 0.0562. The summed E-state index contributed by atoms with van der Waals surface area (Å²) in [4.78, 5) is 48.9. The first kappa shape index (κ1) is 26.1. The maximum absolute atomic E-state index is 12.9. The highest BCUT2D eigenvalue weighted by Gasteiger charge is 2.31. The summed E-state index contributed by atoms with van der Waals surface area (Å²) in [7, 11) is 0. The second-order valence-electron chi connectivity index (χ2n) is 8.38. The molecule has 0 saturated carbocycles. The van der Waals surface area contributed by atoms with Crippen molar-refractivity contribution in [3.8, 4) is 0 Å². The molecule has 9 heteroatoms. The molecule has 0 bridgehead atoms. The van der Waals surface area contributed by atoms with Crippen LogP contribution in [0.3, 0.4) is 0 Å². The van der Waals surface area contributed by atoms with Crippen LogP contribution in [0, 0.1) is 17.8 Å². The summed E-state index contributed by atoms with van der Waals surface area (Å²) in [5.41, 5.74) is 2.35. The molecule has 0 aliphatic heterocycles. The Morgan fingerprint density at radius 1 is 0.935 bits per heavy atom. The molecule has 3 amide bonds. The molecule has 0 radical (unpaired) electrons. The SMILES string of the molecule is CC(C)C[C@H](NC(=O)[C@@H](NC(=O)[C@@H](CC(=O)NO)Cc1ccccc1)C(C)C)C(=O)O. The Kier molecular flexibility index (Phi) is 10.7. The summed E-state index contributed by atoms with van der Waals surface area (Å²) in [6, 6.07) is 7.03. The van der Waals surface area contributed by atoms with Crippen LogP contribution in [0.25, 0.3) is 0 Å². The number of carbonyl (C=O) groups excluding carboxylic acids is 3.